The largest absolute Gasteiger partial charge is 0.414 e. The molecule has 1 heterocycles. The first-order valence-corrected chi connectivity index (χ1v) is 4.99. The van der Waals surface area contributed by atoms with Crippen molar-refractivity contribution in [1.29, 1.82) is 0 Å². The van der Waals surface area contributed by atoms with E-state index in [1.165, 1.54) is 0 Å². The van der Waals surface area contributed by atoms with E-state index < -0.39 is 6.03 Å². The minimum Gasteiger partial charge on any atom is -0.414 e. The van der Waals surface area contributed by atoms with Crippen LogP contribution in [-0.2, 0) is 0 Å². The molecule has 0 unspecified atom stereocenters. The van der Waals surface area contributed by atoms with Crippen LogP contribution < -0.4 is 16.0 Å². The number of carbonyl (C=O) groups is 1. The van der Waals surface area contributed by atoms with Gasteiger partial charge in [-0.25, -0.2) is 9.59 Å². The number of aryl methyl sites for hydroxylation is 1. The molecule has 1 aromatic heterocycles. The van der Waals surface area contributed by atoms with Crippen LogP contribution in [0.1, 0.15) is 5.56 Å². The zero-order valence-electron chi connectivity index (χ0n) is 7.87. The van der Waals surface area contributed by atoms with Crippen molar-refractivity contribution in [3.05, 3.63) is 27.4 Å². The van der Waals surface area contributed by atoms with Crippen molar-refractivity contribution in [1.82, 2.24) is 0 Å². The van der Waals surface area contributed by atoms with Crippen LogP contribution in [0.5, 0.6) is 0 Å². The highest BCUT2D eigenvalue weighted by molar-refractivity contribution is 7.16. The van der Waals surface area contributed by atoms with E-state index in [1.54, 1.807) is 19.1 Å². The molecular weight excluding hydrogens is 216 g/mol. The van der Waals surface area contributed by atoms with Crippen LogP contribution in [0.25, 0.3) is 10.3 Å². The molecule has 2 aromatic rings. The Morgan fingerprint density at radius 2 is 2.27 bits per heavy atom. The van der Waals surface area contributed by atoms with Gasteiger partial charge in [-0.1, -0.05) is 11.3 Å². The van der Waals surface area contributed by atoms with Gasteiger partial charge in [-0.15, -0.1) is 0 Å². The maximum atomic E-state index is 11.0. The van der Waals surface area contributed by atoms with Gasteiger partial charge in [0, 0.05) is 5.69 Å². The van der Waals surface area contributed by atoms with Gasteiger partial charge in [0.25, 0.3) is 0 Å². The topological polar surface area (TPSA) is 85.3 Å². The molecule has 1 aromatic carbocycles. The van der Waals surface area contributed by atoms with Gasteiger partial charge in [0.05, 0.1) is 4.70 Å². The van der Waals surface area contributed by atoms with Crippen LogP contribution in [0.3, 0.4) is 0 Å². The summed E-state index contributed by atoms with van der Waals surface area (Å²) in [6.07, 6.45) is 0. The number of benzene rings is 1. The van der Waals surface area contributed by atoms with Crippen molar-refractivity contribution in [2.24, 2.45) is 5.73 Å². The predicted molar refractivity (Wildman–Crippen MR) is 58.3 cm³/mol. The van der Waals surface area contributed by atoms with E-state index in [-0.39, 0.29) is 4.94 Å². The molecule has 0 spiro atoms. The maximum absolute atomic E-state index is 11.0. The first-order valence-electron chi connectivity index (χ1n) is 4.17. The highest BCUT2D eigenvalue weighted by atomic mass is 32.1. The number of rotatable bonds is 1. The molecule has 0 saturated carbocycles. The molecule has 2 rings (SSSR count). The number of anilines is 1. The lowest BCUT2D eigenvalue weighted by Gasteiger charge is -2.05. The molecule has 3 N–H and O–H groups in total. The number of primary amides is 1. The molecule has 78 valence electrons. The number of fused-ring (bicyclic) bond motifs is 1. The van der Waals surface area contributed by atoms with E-state index in [0.29, 0.717) is 11.3 Å². The molecule has 0 fully saturated rings. The van der Waals surface area contributed by atoms with Gasteiger partial charge in [-0.2, -0.15) is 0 Å². The molecule has 0 aliphatic carbocycles. The third-order valence-electron chi connectivity index (χ3n) is 2.01. The fourth-order valence-electron chi connectivity index (χ4n) is 1.34. The SMILES string of the molecule is Cc1c(NC(N)=O)ccc2oc(=O)sc12. The van der Waals surface area contributed by atoms with Crippen molar-refractivity contribution in [3.63, 3.8) is 0 Å². The average Bonchev–Trinajstić information content (AvgIpc) is 2.51. The fourth-order valence-corrected chi connectivity index (χ4v) is 2.11. The summed E-state index contributed by atoms with van der Waals surface area (Å²) in [7, 11) is 0. The summed E-state index contributed by atoms with van der Waals surface area (Å²) in [6, 6.07) is 2.65. The molecule has 6 heteroatoms. The first kappa shape index (κ1) is 9.72. The van der Waals surface area contributed by atoms with E-state index >= 15 is 0 Å². The Morgan fingerprint density at radius 3 is 2.93 bits per heavy atom. The van der Waals surface area contributed by atoms with E-state index in [1.807, 2.05) is 0 Å². The van der Waals surface area contributed by atoms with Gasteiger partial charge in [0.15, 0.2) is 0 Å². The van der Waals surface area contributed by atoms with Crippen molar-refractivity contribution in [2.45, 2.75) is 6.92 Å². The van der Waals surface area contributed by atoms with E-state index in [2.05, 4.69) is 5.32 Å². The predicted octanol–water partition coefficient (Wildman–Crippen LogP) is 1.65. The fraction of sp³-hybridized carbons (Fsp3) is 0.111. The summed E-state index contributed by atoms with van der Waals surface area (Å²) < 4.78 is 5.66. The van der Waals surface area contributed by atoms with Crippen LogP contribution in [0.4, 0.5) is 10.5 Å². The van der Waals surface area contributed by atoms with Crippen LogP contribution in [0.2, 0.25) is 0 Å². The van der Waals surface area contributed by atoms with Crippen molar-refractivity contribution >= 4 is 33.3 Å². The molecule has 0 saturated heterocycles. The highest BCUT2D eigenvalue weighted by Crippen LogP contribution is 2.27. The summed E-state index contributed by atoms with van der Waals surface area (Å²) in [5.41, 5.74) is 6.91. The normalized spacial score (nSPS) is 10.5. The Hall–Kier alpha value is -1.82. The summed E-state index contributed by atoms with van der Waals surface area (Å²) in [5.74, 6) is 0. The minimum absolute atomic E-state index is 0.357. The number of hydrogen-bond donors (Lipinski definition) is 2. The molecule has 0 aliphatic rings. The summed E-state index contributed by atoms with van der Waals surface area (Å²) in [4.78, 5) is 21.3. The van der Waals surface area contributed by atoms with E-state index in [0.717, 1.165) is 21.6 Å². The summed E-state index contributed by atoms with van der Waals surface area (Å²) in [6.45, 7) is 1.79. The van der Waals surface area contributed by atoms with E-state index in [9.17, 15) is 9.59 Å². The van der Waals surface area contributed by atoms with E-state index in [4.69, 9.17) is 10.2 Å². The van der Waals surface area contributed by atoms with Gasteiger partial charge < -0.3 is 15.5 Å². The molecular formula is C9H8N2O3S. The number of amides is 2. The third kappa shape index (κ3) is 1.71. The first-order chi connectivity index (χ1) is 7.08. The Morgan fingerprint density at radius 1 is 1.53 bits per heavy atom. The maximum Gasteiger partial charge on any atom is 0.396 e. The lowest BCUT2D eigenvalue weighted by molar-refractivity contribution is 0.259. The summed E-state index contributed by atoms with van der Waals surface area (Å²) >= 11 is 1.01. The molecule has 15 heavy (non-hydrogen) atoms. The Labute approximate surface area is 88.5 Å². The highest BCUT2D eigenvalue weighted by Gasteiger charge is 2.09. The molecule has 2 amide bonds. The van der Waals surface area contributed by atoms with Crippen LogP contribution in [0.15, 0.2) is 21.3 Å². The van der Waals surface area contributed by atoms with Crippen LogP contribution in [0, 0.1) is 6.92 Å². The quantitative estimate of drug-likeness (QED) is 0.772. The Kier molecular flexibility index (Phi) is 2.20. The van der Waals surface area contributed by atoms with Crippen molar-refractivity contribution in [3.8, 4) is 0 Å². The lowest BCUT2D eigenvalue weighted by Crippen LogP contribution is -2.19. The molecule has 5 nitrogen and oxygen atoms in total. The number of hydrogen-bond acceptors (Lipinski definition) is 4. The van der Waals surface area contributed by atoms with Gasteiger partial charge in [-0.3, -0.25) is 0 Å². The minimum atomic E-state index is -0.631. The van der Waals surface area contributed by atoms with Crippen LogP contribution >= 0.6 is 11.3 Å². The molecule has 0 aliphatic heterocycles. The van der Waals surface area contributed by atoms with Crippen molar-refractivity contribution < 1.29 is 9.21 Å². The average molecular weight is 224 g/mol. The molecule has 0 atom stereocenters. The Bertz CT molecular complexity index is 585. The molecule has 0 bridgehead atoms. The van der Waals surface area contributed by atoms with Gasteiger partial charge in [0.1, 0.15) is 5.58 Å². The zero-order chi connectivity index (χ0) is 11.0. The standard InChI is InChI=1S/C9H8N2O3S/c1-4-5(11-8(10)12)2-3-6-7(4)15-9(13)14-6/h2-3H,1H3,(H3,10,11,12). The monoisotopic (exact) mass is 224 g/mol. The van der Waals surface area contributed by atoms with Crippen molar-refractivity contribution in [2.75, 3.05) is 5.32 Å². The molecule has 0 radical (unpaired) electrons. The lowest BCUT2D eigenvalue weighted by atomic mass is 10.2. The number of urea groups is 1. The second-order valence-electron chi connectivity index (χ2n) is 3.01. The summed E-state index contributed by atoms with van der Waals surface area (Å²) in [5, 5.41) is 2.48. The Balaban J connectivity index is 2.64. The van der Waals surface area contributed by atoms with Crippen LogP contribution in [-0.4, -0.2) is 6.03 Å². The van der Waals surface area contributed by atoms with Gasteiger partial charge >= 0.3 is 11.0 Å². The van der Waals surface area contributed by atoms with Gasteiger partial charge in [0.2, 0.25) is 0 Å². The smallest absolute Gasteiger partial charge is 0.396 e. The number of nitrogens with two attached hydrogens (primary N) is 1. The second-order valence-corrected chi connectivity index (χ2v) is 3.95. The third-order valence-corrected chi connectivity index (χ3v) is 2.97. The van der Waals surface area contributed by atoms with Gasteiger partial charge in [-0.05, 0) is 24.6 Å². The number of nitrogens with one attached hydrogen (secondary N) is 1. The zero-order valence-corrected chi connectivity index (χ0v) is 8.68. The number of carbonyl (C=O) groups excluding carboxylic acids is 1. The second kappa shape index (κ2) is 3.39.